The Balaban J connectivity index is 2.01. The first-order chi connectivity index (χ1) is 8.97. The average Bonchev–Trinajstić information content (AvgIpc) is 2.39. The summed E-state index contributed by atoms with van der Waals surface area (Å²) in [5.41, 5.74) is 0.558. The number of sulfonamides is 1. The van der Waals surface area contributed by atoms with E-state index in [0.29, 0.717) is 5.69 Å². The Morgan fingerprint density at radius 1 is 1.11 bits per heavy atom. The molecule has 0 aromatic heterocycles. The molecule has 1 fully saturated rings. The lowest BCUT2D eigenvalue weighted by atomic mass is 10.1. The summed E-state index contributed by atoms with van der Waals surface area (Å²) in [5.74, 6) is 0. The highest BCUT2D eigenvalue weighted by molar-refractivity contribution is 7.89. The van der Waals surface area contributed by atoms with Crippen molar-refractivity contribution in [2.75, 3.05) is 18.4 Å². The molecule has 7 heteroatoms. The van der Waals surface area contributed by atoms with E-state index in [1.807, 2.05) is 0 Å². The van der Waals surface area contributed by atoms with E-state index in [4.69, 9.17) is 5.14 Å². The van der Waals surface area contributed by atoms with Crippen molar-refractivity contribution in [3.8, 4) is 0 Å². The predicted molar refractivity (Wildman–Crippen MR) is 72.3 cm³/mol. The molecule has 104 valence electrons. The number of primary sulfonamides is 1. The SMILES string of the molecule is NS(=O)(=O)c1ccc(NC(=O)N2CCCCC2)cc1. The zero-order valence-corrected chi connectivity index (χ0v) is 11.3. The number of urea groups is 1. The number of hydrogen-bond acceptors (Lipinski definition) is 3. The number of benzene rings is 1. The highest BCUT2D eigenvalue weighted by Crippen LogP contribution is 2.15. The minimum atomic E-state index is -3.69. The van der Waals surface area contributed by atoms with Gasteiger partial charge in [0, 0.05) is 18.8 Å². The van der Waals surface area contributed by atoms with E-state index in [1.54, 1.807) is 4.90 Å². The Morgan fingerprint density at radius 2 is 1.68 bits per heavy atom. The smallest absolute Gasteiger partial charge is 0.321 e. The Morgan fingerprint density at radius 3 is 2.21 bits per heavy atom. The lowest BCUT2D eigenvalue weighted by Gasteiger charge is -2.26. The molecule has 2 rings (SSSR count). The summed E-state index contributed by atoms with van der Waals surface area (Å²) < 4.78 is 22.2. The third-order valence-corrected chi connectivity index (χ3v) is 4.01. The molecule has 1 aromatic carbocycles. The fraction of sp³-hybridized carbons (Fsp3) is 0.417. The fourth-order valence-corrected chi connectivity index (χ4v) is 2.54. The van der Waals surface area contributed by atoms with Crippen molar-refractivity contribution >= 4 is 21.7 Å². The summed E-state index contributed by atoms with van der Waals surface area (Å²) in [7, 11) is -3.69. The fourth-order valence-electron chi connectivity index (χ4n) is 2.03. The van der Waals surface area contributed by atoms with Gasteiger partial charge in [-0.1, -0.05) is 0 Å². The van der Waals surface area contributed by atoms with Gasteiger partial charge in [-0.25, -0.2) is 18.4 Å². The van der Waals surface area contributed by atoms with Crippen molar-refractivity contribution in [2.45, 2.75) is 24.2 Å². The minimum Gasteiger partial charge on any atom is -0.325 e. The van der Waals surface area contributed by atoms with E-state index in [0.717, 1.165) is 32.4 Å². The van der Waals surface area contributed by atoms with Gasteiger partial charge in [-0.05, 0) is 43.5 Å². The molecule has 1 aliphatic heterocycles. The van der Waals surface area contributed by atoms with Crippen molar-refractivity contribution in [1.29, 1.82) is 0 Å². The zero-order valence-electron chi connectivity index (χ0n) is 10.5. The van der Waals surface area contributed by atoms with E-state index < -0.39 is 10.0 Å². The Hall–Kier alpha value is -1.60. The number of amides is 2. The molecule has 0 bridgehead atoms. The highest BCUT2D eigenvalue weighted by Gasteiger charge is 2.16. The van der Waals surface area contributed by atoms with E-state index >= 15 is 0 Å². The number of piperidine rings is 1. The summed E-state index contributed by atoms with van der Waals surface area (Å²) in [5, 5.41) is 7.74. The number of nitrogens with two attached hydrogens (primary N) is 1. The largest absolute Gasteiger partial charge is 0.325 e. The van der Waals surface area contributed by atoms with E-state index in [9.17, 15) is 13.2 Å². The maximum atomic E-state index is 11.9. The van der Waals surface area contributed by atoms with Crippen LogP contribution in [-0.4, -0.2) is 32.4 Å². The molecule has 0 atom stereocenters. The van der Waals surface area contributed by atoms with Crippen LogP contribution in [0.15, 0.2) is 29.2 Å². The monoisotopic (exact) mass is 283 g/mol. The third kappa shape index (κ3) is 3.68. The van der Waals surface area contributed by atoms with Crippen molar-refractivity contribution < 1.29 is 13.2 Å². The van der Waals surface area contributed by atoms with Crippen LogP contribution in [0.2, 0.25) is 0 Å². The van der Waals surface area contributed by atoms with Gasteiger partial charge in [0.25, 0.3) is 0 Å². The van der Waals surface area contributed by atoms with Crippen LogP contribution in [0.5, 0.6) is 0 Å². The van der Waals surface area contributed by atoms with Crippen molar-refractivity contribution in [3.05, 3.63) is 24.3 Å². The van der Waals surface area contributed by atoms with E-state index in [1.165, 1.54) is 24.3 Å². The molecule has 6 nitrogen and oxygen atoms in total. The quantitative estimate of drug-likeness (QED) is 0.858. The van der Waals surface area contributed by atoms with Gasteiger partial charge >= 0.3 is 6.03 Å². The van der Waals surface area contributed by atoms with Gasteiger partial charge in [-0.15, -0.1) is 0 Å². The summed E-state index contributed by atoms with van der Waals surface area (Å²) in [4.78, 5) is 13.7. The van der Waals surface area contributed by atoms with Crippen LogP contribution in [0.3, 0.4) is 0 Å². The van der Waals surface area contributed by atoms with Crippen LogP contribution in [-0.2, 0) is 10.0 Å². The molecule has 1 aliphatic rings. The number of carbonyl (C=O) groups excluding carboxylic acids is 1. The minimum absolute atomic E-state index is 0.0310. The van der Waals surface area contributed by atoms with E-state index in [2.05, 4.69) is 5.32 Å². The summed E-state index contributed by atoms with van der Waals surface area (Å²) in [6.45, 7) is 1.53. The first-order valence-corrected chi connectivity index (χ1v) is 7.70. The second-order valence-corrected chi connectivity index (χ2v) is 6.11. The lowest BCUT2D eigenvalue weighted by molar-refractivity contribution is 0.200. The number of anilines is 1. The maximum absolute atomic E-state index is 11.9. The third-order valence-electron chi connectivity index (χ3n) is 3.08. The molecular formula is C12H17N3O3S. The Kier molecular flexibility index (Phi) is 4.06. The van der Waals surface area contributed by atoms with Gasteiger partial charge in [0.2, 0.25) is 10.0 Å². The van der Waals surface area contributed by atoms with Crippen LogP contribution in [0, 0.1) is 0 Å². The first-order valence-electron chi connectivity index (χ1n) is 6.15. The molecule has 0 radical (unpaired) electrons. The molecule has 0 aliphatic carbocycles. The topological polar surface area (TPSA) is 92.5 Å². The van der Waals surface area contributed by atoms with E-state index in [-0.39, 0.29) is 10.9 Å². The molecule has 1 heterocycles. The predicted octanol–water partition coefficient (Wildman–Crippen LogP) is 1.35. The number of nitrogens with one attached hydrogen (secondary N) is 1. The molecule has 0 spiro atoms. The van der Waals surface area contributed by atoms with Gasteiger partial charge in [-0.2, -0.15) is 0 Å². The van der Waals surface area contributed by atoms with Gasteiger partial charge < -0.3 is 10.2 Å². The van der Waals surface area contributed by atoms with Gasteiger partial charge in [0.1, 0.15) is 0 Å². The van der Waals surface area contributed by atoms with Crippen molar-refractivity contribution in [2.24, 2.45) is 5.14 Å². The zero-order chi connectivity index (χ0) is 13.9. The number of likely N-dealkylation sites (tertiary alicyclic amines) is 1. The number of carbonyl (C=O) groups is 1. The molecule has 0 unspecified atom stereocenters. The molecule has 1 aromatic rings. The first kappa shape index (κ1) is 13.8. The molecule has 0 saturated carbocycles. The average molecular weight is 283 g/mol. The number of nitrogens with zero attached hydrogens (tertiary/aromatic N) is 1. The normalized spacial score (nSPS) is 16.2. The number of hydrogen-bond donors (Lipinski definition) is 2. The molecule has 2 amide bonds. The van der Waals surface area contributed by atoms with Crippen LogP contribution < -0.4 is 10.5 Å². The summed E-state index contributed by atoms with van der Waals surface area (Å²) >= 11 is 0. The van der Waals surface area contributed by atoms with Crippen LogP contribution >= 0.6 is 0 Å². The molecule has 3 N–H and O–H groups in total. The van der Waals surface area contributed by atoms with Crippen molar-refractivity contribution in [1.82, 2.24) is 4.90 Å². The molecule has 1 saturated heterocycles. The highest BCUT2D eigenvalue weighted by atomic mass is 32.2. The lowest BCUT2D eigenvalue weighted by Crippen LogP contribution is -2.38. The molecule has 19 heavy (non-hydrogen) atoms. The van der Waals surface area contributed by atoms with Crippen LogP contribution in [0.1, 0.15) is 19.3 Å². The van der Waals surface area contributed by atoms with Crippen molar-refractivity contribution in [3.63, 3.8) is 0 Å². The van der Waals surface area contributed by atoms with Crippen LogP contribution in [0.25, 0.3) is 0 Å². The van der Waals surface area contributed by atoms with Gasteiger partial charge in [0.15, 0.2) is 0 Å². The number of rotatable bonds is 2. The second-order valence-electron chi connectivity index (χ2n) is 4.55. The second kappa shape index (κ2) is 5.58. The summed E-state index contributed by atoms with van der Waals surface area (Å²) in [6, 6.07) is 5.66. The van der Waals surface area contributed by atoms with Gasteiger partial charge in [-0.3, -0.25) is 0 Å². The standard InChI is InChI=1S/C12H17N3O3S/c13-19(17,18)11-6-4-10(5-7-11)14-12(16)15-8-2-1-3-9-15/h4-7H,1-3,8-9H2,(H,14,16)(H2,13,17,18). The summed E-state index contributed by atoms with van der Waals surface area (Å²) in [6.07, 6.45) is 3.21. The molecular weight excluding hydrogens is 266 g/mol. The maximum Gasteiger partial charge on any atom is 0.321 e. The van der Waals surface area contributed by atoms with Crippen LogP contribution in [0.4, 0.5) is 10.5 Å². The van der Waals surface area contributed by atoms with Gasteiger partial charge in [0.05, 0.1) is 4.90 Å². The Labute approximate surface area is 112 Å². The Bertz CT molecular complexity index is 548.